The minimum Gasteiger partial charge on any atom is -0.406 e. The highest BCUT2D eigenvalue weighted by Crippen LogP contribution is 2.26. The summed E-state index contributed by atoms with van der Waals surface area (Å²) in [5.41, 5.74) is 0.665. The maximum Gasteiger partial charge on any atom is 0.573 e. The van der Waals surface area contributed by atoms with Crippen LogP contribution in [0.1, 0.15) is 29.2 Å². The molecule has 2 atom stereocenters. The fourth-order valence-electron chi connectivity index (χ4n) is 2.50. The number of nitrogens with zero attached hydrogens (tertiary/aromatic N) is 2. The summed E-state index contributed by atoms with van der Waals surface area (Å²) < 4.78 is 45.7. The summed E-state index contributed by atoms with van der Waals surface area (Å²) in [5, 5.41) is 16.9. The lowest BCUT2D eigenvalue weighted by Gasteiger charge is -2.17. The molecule has 1 unspecified atom stereocenters. The van der Waals surface area contributed by atoms with Gasteiger partial charge in [0.25, 0.3) is 11.8 Å². The zero-order valence-corrected chi connectivity index (χ0v) is 16.1. The van der Waals surface area contributed by atoms with Crippen molar-refractivity contribution in [1.29, 1.82) is 0 Å². The molecule has 0 aliphatic heterocycles. The van der Waals surface area contributed by atoms with Crippen molar-refractivity contribution >= 4 is 17.5 Å². The van der Waals surface area contributed by atoms with Gasteiger partial charge in [-0.05, 0) is 55.5 Å². The summed E-state index contributed by atoms with van der Waals surface area (Å²) >= 11 is 5.80. The largest absolute Gasteiger partial charge is 0.573 e. The van der Waals surface area contributed by atoms with E-state index in [9.17, 15) is 23.1 Å². The number of aliphatic hydroxyl groups excluding tert-OH is 1. The van der Waals surface area contributed by atoms with Crippen molar-refractivity contribution in [3.05, 3.63) is 65.0 Å². The fraction of sp³-hybridized carbons (Fsp3) is 0.211. The van der Waals surface area contributed by atoms with E-state index in [1.54, 1.807) is 12.1 Å². The van der Waals surface area contributed by atoms with Crippen molar-refractivity contribution in [2.24, 2.45) is 0 Å². The van der Waals surface area contributed by atoms with E-state index in [0.717, 1.165) is 12.1 Å². The Hall–Kier alpha value is -3.11. The molecule has 0 spiro atoms. The number of alkyl halides is 3. The van der Waals surface area contributed by atoms with Crippen LogP contribution in [0.3, 0.4) is 0 Å². The molecule has 0 bridgehead atoms. The number of benzene rings is 2. The third-order valence-corrected chi connectivity index (χ3v) is 4.18. The molecule has 0 fully saturated rings. The van der Waals surface area contributed by atoms with Gasteiger partial charge in [-0.3, -0.25) is 4.79 Å². The Labute approximate surface area is 173 Å². The van der Waals surface area contributed by atoms with E-state index in [0.29, 0.717) is 16.1 Å². The Balaban J connectivity index is 1.76. The van der Waals surface area contributed by atoms with Crippen LogP contribution in [0.15, 0.2) is 53.1 Å². The molecule has 30 heavy (non-hydrogen) atoms. The van der Waals surface area contributed by atoms with Crippen molar-refractivity contribution in [2.75, 3.05) is 0 Å². The molecule has 0 saturated carbocycles. The molecule has 2 N–H and O–H groups in total. The Bertz CT molecular complexity index is 1010. The summed E-state index contributed by atoms with van der Waals surface area (Å²) in [4.78, 5) is 16.5. The highest BCUT2D eigenvalue weighted by molar-refractivity contribution is 6.30. The lowest BCUT2D eigenvalue weighted by atomic mass is 10.1. The van der Waals surface area contributed by atoms with Gasteiger partial charge < -0.3 is 19.7 Å². The lowest BCUT2D eigenvalue weighted by molar-refractivity contribution is -0.274. The molecular formula is C19H15ClF3N3O4. The molecule has 0 saturated heterocycles. The van der Waals surface area contributed by atoms with Crippen LogP contribution in [-0.2, 0) is 0 Å². The summed E-state index contributed by atoms with van der Waals surface area (Å²) in [6.45, 7) is 1.43. The van der Waals surface area contributed by atoms with E-state index in [1.165, 1.54) is 31.2 Å². The van der Waals surface area contributed by atoms with Gasteiger partial charge in [0.05, 0.1) is 6.10 Å². The quantitative estimate of drug-likeness (QED) is 0.596. The zero-order chi connectivity index (χ0) is 21.9. The van der Waals surface area contributed by atoms with E-state index < -0.39 is 30.2 Å². The van der Waals surface area contributed by atoms with E-state index in [4.69, 9.17) is 16.1 Å². The second-order valence-electron chi connectivity index (χ2n) is 6.23. The van der Waals surface area contributed by atoms with Crippen molar-refractivity contribution in [3.63, 3.8) is 0 Å². The first kappa shape index (κ1) is 21.6. The molecule has 0 aliphatic rings. The molecule has 11 heteroatoms. The summed E-state index contributed by atoms with van der Waals surface area (Å²) in [6.07, 6.45) is -5.87. The van der Waals surface area contributed by atoms with Gasteiger partial charge in [0.15, 0.2) is 0 Å². The normalized spacial score (nSPS) is 13.5. The van der Waals surface area contributed by atoms with Gasteiger partial charge in [0.2, 0.25) is 5.82 Å². The Morgan fingerprint density at radius 3 is 2.37 bits per heavy atom. The predicted molar refractivity (Wildman–Crippen MR) is 99.8 cm³/mol. The monoisotopic (exact) mass is 441 g/mol. The number of aromatic nitrogens is 2. The highest BCUT2D eigenvalue weighted by atomic mass is 35.5. The Morgan fingerprint density at radius 2 is 1.80 bits per heavy atom. The number of halogens is 4. The van der Waals surface area contributed by atoms with Crippen molar-refractivity contribution in [3.8, 4) is 17.1 Å². The second kappa shape index (κ2) is 8.72. The van der Waals surface area contributed by atoms with E-state index in [2.05, 4.69) is 20.2 Å². The maximum atomic E-state index is 12.4. The van der Waals surface area contributed by atoms with Gasteiger partial charge in [0.1, 0.15) is 11.8 Å². The molecule has 158 valence electrons. The summed E-state index contributed by atoms with van der Waals surface area (Å²) in [6, 6.07) is 9.96. The molecule has 0 radical (unpaired) electrons. The van der Waals surface area contributed by atoms with E-state index >= 15 is 0 Å². The minimum atomic E-state index is -4.80. The van der Waals surface area contributed by atoms with Crippen LogP contribution >= 0.6 is 11.6 Å². The van der Waals surface area contributed by atoms with E-state index in [-0.39, 0.29) is 11.7 Å². The van der Waals surface area contributed by atoms with Crippen LogP contribution in [0.25, 0.3) is 11.4 Å². The lowest BCUT2D eigenvalue weighted by Crippen LogP contribution is -2.35. The van der Waals surface area contributed by atoms with Gasteiger partial charge in [0, 0.05) is 16.1 Å². The highest BCUT2D eigenvalue weighted by Gasteiger charge is 2.31. The average molecular weight is 442 g/mol. The van der Waals surface area contributed by atoms with Gasteiger partial charge >= 0.3 is 6.36 Å². The molecule has 3 aromatic rings. The van der Waals surface area contributed by atoms with Crippen LogP contribution in [0.2, 0.25) is 5.02 Å². The van der Waals surface area contributed by atoms with Gasteiger partial charge in [-0.25, -0.2) is 0 Å². The van der Waals surface area contributed by atoms with Crippen LogP contribution < -0.4 is 10.1 Å². The smallest absolute Gasteiger partial charge is 0.406 e. The van der Waals surface area contributed by atoms with E-state index in [1.807, 2.05) is 0 Å². The number of aliphatic hydroxyl groups is 1. The SMILES string of the molecule is C[C@@H](O)C(NC(=O)c1ccc(Cl)cc1)c1nc(-c2ccc(OC(F)(F)F)cc2)no1. The Kier molecular flexibility index (Phi) is 6.28. The third kappa shape index (κ3) is 5.49. The molecule has 3 rings (SSSR count). The summed E-state index contributed by atoms with van der Waals surface area (Å²) in [5.74, 6) is -0.897. The first-order chi connectivity index (χ1) is 14.1. The zero-order valence-electron chi connectivity index (χ0n) is 15.4. The topological polar surface area (TPSA) is 97.5 Å². The molecule has 0 aliphatic carbocycles. The van der Waals surface area contributed by atoms with Crippen LogP contribution in [0.5, 0.6) is 5.75 Å². The number of carbonyl (C=O) groups excluding carboxylic acids is 1. The number of hydrogen-bond donors (Lipinski definition) is 2. The van der Waals surface area contributed by atoms with Crippen LogP contribution in [-0.4, -0.2) is 33.6 Å². The standard InChI is InChI=1S/C19H15ClF3N3O4/c1-10(27)15(24-17(28)12-2-6-13(20)7-3-12)18-25-16(26-30-18)11-4-8-14(9-5-11)29-19(21,22)23/h2-10,15,27H,1H3,(H,24,28)/t10-,15?/m1/s1. The first-order valence-electron chi connectivity index (χ1n) is 8.56. The Morgan fingerprint density at radius 1 is 1.17 bits per heavy atom. The number of rotatable bonds is 6. The van der Waals surface area contributed by atoms with Gasteiger partial charge in [-0.15, -0.1) is 13.2 Å². The number of nitrogens with one attached hydrogen (secondary N) is 1. The summed E-state index contributed by atoms with van der Waals surface area (Å²) in [7, 11) is 0. The number of carbonyl (C=O) groups is 1. The average Bonchev–Trinajstić information content (AvgIpc) is 3.15. The molecule has 7 nitrogen and oxygen atoms in total. The number of hydrogen-bond acceptors (Lipinski definition) is 6. The number of ether oxygens (including phenoxy) is 1. The van der Waals surface area contributed by atoms with Crippen LogP contribution in [0.4, 0.5) is 13.2 Å². The molecular weight excluding hydrogens is 427 g/mol. The fourth-order valence-corrected chi connectivity index (χ4v) is 2.62. The molecule has 2 aromatic carbocycles. The molecule has 1 amide bonds. The second-order valence-corrected chi connectivity index (χ2v) is 6.66. The van der Waals surface area contributed by atoms with Gasteiger partial charge in [-0.1, -0.05) is 16.8 Å². The molecule has 1 heterocycles. The number of amides is 1. The van der Waals surface area contributed by atoms with Crippen LogP contribution in [0, 0.1) is 0 Å². The van der Waals surface area contributed by atoms with Gasteiger partial charge in [-0.2, -0.15) is 4.98 Å². The van der Waals surface area contributed by atoms with Crippen molar-refractivity contribution in [2.45, 2.75) is 25.4 Å². The minimum absolute atomic E-state index is 0.0648. The maximum absolute atomic E-state index is 12.4. The molecule has 1 aromatic heterocycles. The predicted octanol–water partition coefficient (Wildman–Crippen LogP) is 4.14. The first-order valence-corrected chi connectivity index (χ1v) is 8.94. The van der Waals surface area contributed by atoms with Crippen molar-refractivity contribution < 1.29 is 32.3 Å². The third-order valence-electron chi connectivity index (χ3n) is 3.93. The van der Waals surface area contributed by atoms with Crippen molar-refractivity contribution in [1.82, 2.24) is 15.5 Å².